The second-order valence-corrected chi connectivity index (χ2v) is 6.89. The number of hydrogen-bond acceptors (Lipinski definition) is 5. The Kier molecular flexibility index (Phi) is 3.89. The van der Waals surface area contributed by atoms with E-state index in [2.05, 4.69) is 10.3 Å². The van der Waals surface area contributed by atoms with Crippen molar-refractivity contribution >= 4 is 21.6 Å². The van der Waals surface area contributed by atoms with Crippen molar-refractivity contribution in [3.05, 3.63) is 0 Å². The Hall–Kier alpha value is -1.11. The standard InChI is InChI=1S/C11H19N3O3S/c1-2-14(9-4-7-18(16,17)8-9)11(15)10-12-5-3-6-13-10/h9H,2-8H2,1H3,(H,12,13). The number of hydrogen-bond donors (Lipinski definition) is 1. The van der Waals surface area contributed by atoms with Gasteiger partial charge in [0, 0.05) is 25.7 Å². The fourth-order valence-corrected chi connectivity index (χ4v) is 4.13. The van der Waals surface area contributed by atoms with E-state index in [1.54, 1.807) is 4.90 Å². The minimum atomic E-state index is -2.97. The molecular weight excluding hydrogens is 254 g/mol. The van der Waals surface area contributed by atoms with E-state index >= 15 is 0 Å². The third kappa shape index (κ3) is 2.82. The summed E-state index contributed by atoms with van der Waals surface area (Å²) in [6.07, 6.45) is 1.47. The highest BCUT2D eigenvalue weighted by atomic mass is 32.2. The SMILES string of the molecule is CCN(C(=O)C1=NCCCN1)C1CCS(=O)(=O)C1. The summed E-state index contributed by atoms with van der Waals surface area (Å²) in [7, 11) is -2.97. The number of likely N-dealkylation sites (N-methyl/N-ethyl adjacent to an activating group) is 1. The highest BCUT2D eigenvalue weighted by Gasteiger charge is 2.35. The molecule has 1 saturated heterocycles. The predicted octanol–water partition coefficient (Wildman–Crippen LogP) is -0.586. The molecule has 0 aliphatic carbocycles. The number of nitrogens with one attached hydrogen (secondary N) is 1. The maximum atomic E-state index is 12.3. The highest BCUT2D eigenvalue weighted by Crippen LogP contribution is 2.18. The van der Waals surface area contributed by atoms with Crippen molar-refractivity contribution in [2.45, 2.75) is 25.8 Å². The van der Waals surface area contributed by atoms with Crippen molar-refractivity contribution in [1.82, 2.24) is 10.2 Å². The average Bonchev–Trinajstić information content (AvgIpc) is 2.71. The van der Waals surface area contributed by atoms with Crippen LogP contribution < -0.4 is 5.32 Å². The maximum absolute atomic E-state index is 12.3. The minimum Gasteiger partial charge on any atom is -0.366 e. The molecule has 18 heavy (non-hydrogen) atoms. The van der Waals surface area contributed by atoms with Gasteiger partial charge in [-0.05, 0) is 19.8 Å². The molecule has 2 aliphatic heterocycles. The molecule has 1 fully saturated rings. The van der Waals surface area contributed by atoms with Crippen LogP contribution in [0.4, 0.5) is 0 Å². The minimum absolute atomic E-state index is 0.0832. The van der Waals surface area contributed by atoms with Crippen LogP contribution in [-0.2, 0) is 14.6 Å². The first kappa shape index (κ1) is 13.3. The van der Waals surface area contributed by atoms with E-state index in [9.17, 15) is 13.2 Å². The number of aliphatic imine (C=N–C) groups is 1. The fraction of sp³-hybridized carbons (Fsp3) is 0.818. The molecule has 1 amide bonds. The zero-order valence-corrected chi connectivity index (χ0v) is 11.4. The van der Waals surface area contributed by atoms with Crippen LogP contribution in [0.1, 0.15) is 19.8 Å². The molecule has 0 spiro atoms. The maximum Gasteiger partial charge on any atom is 0.289 e. The van der Waals surface area contributed by atoms with Crippen molar-refractivity contribution < 1.29 is 13.2 Å². The van der Waals surface area contributed by atoms with E-state index in [0.29, 0.717) is 25.3 Å². The van der Waals surface area contributed by atoms with E-state index < -0.39 is 9.84 Å². The first-order valence-corrected chi connectivity index (χ1v) is 8.15. The monoisotopic (exact) mass is 273 g/mol. The van der Waals surface area contributed by atoms with Gasteiger partial charge >= 0.3 is 0 Å². The zero-order chi connectivity index (χ0) is 13.2. The molecule has 0 aromatic rings. The molecule has 2 rings (SSSR count). The van der Waals surface area contributed by atoms with Crippen LogP contribution in [-0.4, -0.2) is 62.2 Å². The van der Waals surface area contributed by atoms with Gasteiger partial charge in [0.2, 0.25) is 0 Å². The van der Waals surface area contributed by atoms with E-state index in [-0.39, 0.29) is 23.5 Å². The lowest BCUT2D eigenvalue weighted by atomic mass is 10.2. The van der Waals surface area contributed by atoms with E-state index in [0.717, 1.165) is 13.0 Å². The van der Waals surface area contributed by atoms with Crippen LogP contribution in [0, 0.1) is 0 Å². The molecule has 1 unspecified atom stereocenters. The molecular formula is C11H19N3O3S. The van der Waals surface area contributed by atoms with E-state index in [1.165, 1.54) is 0 Å². The van der Waals surface area contributed by atoms with Gasteiger partial charge in [-0.2, -0.15) is 0 Å². The molecule has 7 heteroatoms. The van der Waals surface area contributed by atoms with Crippen molar-refractivity contribution in [2.24, 2.45) is 4.99 Å². The van der Waals surface area contributed by atoms with E-state index in [4.69, 9.17) is 0 Å². The topological polar surface area (TPSA) is 78.8 Å². The molecule has 0 aromatic carbocycles. The van der Waals surface area contributed by atoms with Crippen molar-refractivity contribution in [2.75, 3.05) is 31.1 Å². The molecule has 6 nitrogen and oxygen atoms in total. The Morgan fingerprint density at radius 3 is 2.83 bits per heavy atom. The lowest BCUT2D eigenvalue weighted by Crippen LogP contribution is -2.49. The molecule has 1 N–H and O–H groups in total. The average molecular weight is 273 g/mol. The van der Waals surface area contributed by atoms with Gasteiger partial charge < -0.3 is 10.2 Å². The van der Waals surface area contributed by atoms with Gasteiger partial charge in [-0.25, -0.2) is 8.42 Å². The summed E-state index contributed by atoms with van der Waals surface area (Å²) < 4.78 is 23.0. The van der Waals surface area contributed by atoms with Crippen LogP contribution in [0.5, 0.6) is 0 Å². The Bertz CT molecular complexity index is 458. The first-order valence-electron chi connectivity index (χ1n) is 6.33. The molecule has 0 aromatic heterocycles. The molecule has 0 radical (unpaired) electrons. The number of nitrogens with zero attached hydrogens (tertiary/aromatic N) is 2. The Morgan fingerprint density at radius 1 is 1.56 bits per heavy atom. The van der Waals surface area contributed by atoms with Crippen LogP contribution in [0.3, 0.4) is 0 Å². The number of carbonyl (C=O) groups is 1. The summed E-state index contributed by atoms with van der Waals surface area (Å²) in [5, 5.41) is 2.99. The van der Waals surface area contributed by atoms with Crippen molar-refractivity contribution in [3.8, 4) is 0 Å². The van der Waals surface area contributed by atoms with Crippen LogP contribution in [0.25, 0.3) is 0 Å². The lowest BCUT2D eigenvalue weighted by molar-refractivity contribution is -0.125. The number of carbonyl (C=O) groups excluding carboxylic acids is 1. The van der Waals surface area contributed by atoms with Crippen molar-refractivity contribution in [1.29, 1.82) is 0 Å². The smallest absolute Gasteiger partial charge is 0.289 e. The second-order valence-electron chi connectivity index (χ2n) is 4.66. The number of amidine groups is 1. The summed E-state index contributed by atoms with van der Waals surface area (Å²) in [6.45, 7) is 3.80. The predicted molar refractivity (Wildman–Crippen MR) is 69.4 cm³/mol. The first-order chi connectivity index (χ1) is 8.53. The normalized spacial score (nSPS) is 26.3. The summed E-state index contributed by atoms with van der Waals surface area (Å²) in [4.78, 5) is 18.1. The number of amides is 1. The molecule has 2 aliphatic rings. The largest absolute Gasteiger partial charge is 0.366 e. The summed E-state index contributed by atoms with van der Waals surface area (Å²) >= 11 is 0. The van der Waals surface area contributed by atoms with Gasteiger partial charge in [0.15, 0.2) is 15.7 Å². The summed E-state index contributed by atoms with van der Waals surface area (Å²) in [5.74, 6) is 0.480. The van der Waals surface area contributed by atoms with E-state index in [1.807, 2.05) is 6.92 Å². The lowest BCUT2D eigenvalue weighted by Gasteiger charge is -2.28. The quantitative estimate of drug-likeness (QED) is 0.746. The summed E-state index contributed by atoms with van der Waals surface area (Å²) in [6, 6.07) is -0.195. The molecule has 2 heterocycles. The van der Waals surface area contributed by atoms with Crippen LogP contribution >= 0.6 is 0 Å². The zero-order valence-electron chi connectivity index (χ0n) is 10.6. The van der Waals surface area contributed by atoms with Crippen LogP contribution in [0.2, 0.25) is 0 Å². The second kappa shape index (κ2) is 5.26. The van der Waals surface area contributed by atoms with Gasteiger partial charge in [0.1, 0.15) is 0 Å². The molecule has 0 saturated carbocycles. The molecule has 1 atom stereocenters. The van der Waals surface area contributed by atoms with Gasteiger partial charge in [-0.1, -0.05) is 0 Å². The third-order valence-electron chi connectivity index (χ3n) is 3.35. The van der Waals surface area contributed by atoms with Gasteiger partial charge in [-0.3, -0.25) is 9.79 Å². The fourth-order valence-electron chi connectivity index (χ4n) is 2.40. The van der Waals surface area contributed by atoms with Gasteiger partial charge in [-0.15, -0.1) is 0 Å². The molecule has 0 bridgehead atoms. The Balaban J connectivity index is 2.09. The van der Waals surface area contributed by atoms with Crippen molar-refractivity contribution in [3.63, 3.8) is 0 Å². The highest BCUT2D eigenvalue weighted by molar-refractivity contribution is 7.91. The Labute approximate surface area is 107 Å². The van der Waals surface area contributed by atoms with Gasteiger partial charge in [0.25, 0.3) is 5.91 Å². The van der Waals surface area contributed by atoms with Crippen LogP contribution in [0.15, 0.2) is 4.99 Å². The van der Waals surface area contributed by atoms with Gasteiger partial charge in [0.05, 0.1) is 11.5 Å². The number of sulfone groups is 1. The molecule has 102 valence electrons. The number of rotatable bonds is 3. The summed E-state index contributed by atoms with van der Waals surface area (Å²) in [5.41, 5.74) is 0. The Morgan fingerprint density at radius 2 is 2.33 bits per heavy atom. The third-order valence-corrected chi connectivity index (χ3v) is 5.10.